The molecule has 0 bridgehead atoms. The summed E-state index contributed by atoms with van der Waals surface area (Å²) < 4.78 is 13.7. The number of anilines is 1. The van der Waals surface area contributed by atoms with E-state index in [4.69, 9.17) is 5.73 Å². The number of halogens is 1. The Bertz CT molecular complexity index is 629. The fourth-order valence-electron chi connectivity index (χ4n) is 1.66. The van der Waals surface area contributed by atoms with Crippen LogP contribution in [0.1, 0.15) is 40.1 Å². The van der Waals surface area contributed by atoms with E-state index in [1.165, 1.54) is 23.6 Å². The minimum absolute atomic E-state index is 0.114. The number of hydrogen-bond donors (Lipinski definition) is 2. The molecule has 2 aromatic heterocycles. The predicted octanol–water partition coefficient (Wildman–Crippen LogP) is 2.31. The lowest BCUT2D eigenvalue weighted by atomic mass is 10.2. The summed E-state index contributed by atoms with van der Waals surface area (Å²) in [4.78, 5) is 21.0. The maximum atomic E-state index is 13.7. The maximum absolute atomic E-state index is 13.7. The molecule has 0 aliphatic heterocycles. The van der Waals surface area contributed by atoms with Gasteiger partial charge in [-0.15, -0.1) is 11.3 Å². The molecule has 20 heavy (non-hydrogen) atoms. The Morgan fingerprint density at radius 2 is 2.30 bits per heavy atom. The minimum Gasteiger partial charge on any atom is -0.381 e. The Labute approximate surface area is 120 Å². The van der Waals surface area contributed by atoms with Crippen molar-refractivity contribution in [3.8, 4) is 0 Å². The van der Waals surface area contributed by atoms with Gasteiger partial charge < -0.3 is 11.1 Å². The van der Waals surface area contributed by atoms with Crippen LogP contribution in [0.4, 0.5) is 10.2 Å². The van der Waals surface area contributed by atoms with Gasteiger partial charge in [0, 0.05) is 17.3 Å². The molecule has 0 radical (unpaired) electrons. The molecular weight excluding hydrogens is 279 g/mol. The molecule has 0 saturated heterocycles. The van der Waals surface area contributed by atoms with Crippen molar-refractivity contribution < 1.29 is 9.18 Å². The van der Waals surface area contributed by atoms with Gasteiger partial charge in [-0.3, -0.25) is 4.79 Å². The lowest BCUT2D eigenvalue weighted by molar-refractivity contribution is 0.0935. The molecule has 2 rings (SSSR count). The van der Waals surface area contributed by atoms with Crippen LogP contribution < -0.4 is 11.1 Å². The van der Waals surface area contributed by atoms with E-state index in [0.717, 1.165) is 16.3 Å². The van der Waals surface area contributed by atoms with Crippen molar-refractivity contribution in [2.45, 2.75) is 26.3 Å². The van der Waals surface area contributed by atoms with Crippen molar-refractivity contribution in [1.82, 2.24) is 15.3 Å². The molecule has 2 aromatic rings. The van der Waals surface area contributed by atoms with Gasteiger partial charge in [-0.2, -0.15) is 0 Å². The standard InChI is InChI=1S/C13H15FN4OS/c1-3-8-6-17-13(20-8)7(2)18-12(19)9-4-5-16-11(15)10(9)14/h4-7H,3H2,1-2H3,(H2,15,16)(H,18,19). The third kappa shape index (κ3) is 2.93. The highest BCUT2D eigenvalue weighted by atomic mass is 32.1. The van der Waals surface area contributed by atoms with Crippen molar-refractivity contribution in [1.29, 1.82) is 0 Å². The van der Waals surface area contributed by atoms with Gasteiger partial charge in [0.25, 0.3) is 5.91 Å². The molecule has 0 aromatic carbocycles. The topological polar surface area (TPSA) is 80.9 Å². The van der Waals surface area contributed by atoms with Crippen molar-refractivity contribution >= 4 is 23.1 Å². The summed E-state index contributed by atoms with van der Waals surface area (Å²) in [5, 5.41) is 3.49. The largest absolute Gasteiger partial charge is 0.381 e. The molecule has 7 heteroatoms. The number of amides is 1. The molecule has 0 fully saturated rings. The Balaban J connectivity index is 2.13. The van der Waals surface area contributed by atoms with E-state index in [1.54, 1.807) is 13.1 Å². The summed E-state index contributed by atoms with van der Waals surface area (Å²) in [6, 6.07) is 1.01. The van der Waals surface area contributed by atoms with Crippen LogP contribution in [-0.2, 0) is 6.42 Å². The number of pyridine rings is 1. The first-order valence-corrected chi connectivity index (χ1v) is 7.00. The number of aromatic nitrogens is 2. The Morgan fingerprint density at radius 1 is 1.55 bits per heavy atom. The van der Waals surface area contributed by atoms with Gasteiger partial charge in [0.05, 0.1) is 11.6 Å². The zero-order valence-electron chi connectivity index (χ0n) is 11.2. The van der Waals surface area contributed by atoms with Crippen molar-refractivity contribution in [2.75, 3.05) is 5.73 Å². The highest BCUT2D eigenvalue weighted by Gasteiger charge is 2.18. The van der Waals surface area contributed by atoms with E-state index in [-0.39, 0.29) is 17.4 Å². The molecule has 0 saturated carbocycles. The second kappa shape index (κ2) is 5.96. The summed E-state index contributed by atoms with van der Waals surface area (Å²) in [7, 11) is 0. The lowest BCUT2D eigenvalue weighted by Gasteiger charge is -2.12. The zero-order chi connectivity index (χ0) is 14.7. The number of thiazole rings is 1. The minimum atomic E-state index is -0.800. The molecular formula is C13H15FN4OS. The molecule has 1 unspecified atom stereocenters. The van der Waals surface area contributed by atoms with Crippen LogP contribution in [0, 0.1) is 5.82 Å². The summed E-state index contributed by atoms with van der Waals surface area (Å²) in [6.45, 7) is 3.84. The Morgan fingerprint density at radius 3 is 2.95 bits per heavy atom. The Hall–Kier alpha value is -2.02. The molecule has 0 aliphatic rings. The fourth-order valence-corrected chi connectivity index (χ4v) is 2.52. The second-order valence-corrected chi connectivity index (χ2v) is 5.42. The number of carbonyl (C=O) groups is 1. The number of nitrogens with one attached hydrogen (secondary N) is 1. The molecule has 5 nitrogen and oxygen atoms in total. The normalized spacial score (nSPS) is 12.2. The predicted molar refractivity (Wildman–Crippen MR) is 76.0 cm³/mol. The van der Waals surface area contributed by atoms with Crippen LogP contribution in [0.15, 0.2) is 18.5 Å². The molecule has 2 heterocycles. The average Bonchev–Trinajstić information content (AvgIpc) is 2.90. The molecule has 1 atom stereocenters. The van der Waals surface area contributed by atoms with Crippen LogP contribution in [0.25, 0.3) is 0 Å². The summed E-state index contributed by atoms with van der Waals surface area (Å²) in [6.07, 6.45) is 3.98. The number of nitrogens with zero attached hydrogens (tertiary/aromatic N) is 2. The van der Waals surface area contributed by atoms with E-state index in [1.807, 2.05) is 6.92 Å². The highest BCUT2D eigenvalue weighted by Crippen LogP contribution is 2.21. The van der Waals surface area contributed by atoms with Crippen LogP contribution in [-0.4, -0.2) is 15.9 Å². The zero-order valence-corrected chi connectivity index (χ0v) is 12.0. The third-order valence-electron chi connectivity index (χ3n) is 2.80. The van der Waals surface area contributed by atoms with Crippen LogP contribution in [0.3, 0.4) is 0 Å². The first-order valence-electron chi connectivity index (χ1n) is 6.18. The van der Waals surface area contributed by atoms with Crippen LogP contribution in [0.2, 0.25) is 0 Å². The highest BCUT2D eigenvalue weighted by molar-refractivity contribution is 7.11. The number of nitrogens with two attached hydrogens (primary N) is 1. The third-order valence-corrected chi connectivity index (χ3v) is 4.12. The van der Waals surface area contributed by atoms with E-state index in [0.29, 0.717) is 0 Å². The first kappa shape index (κ1) is 14.4. The monoisotopic (exact) mass is 294 g/mol. The van der Waals surface area contributed by atoms with E-state index in [9.17, 15) is 9.18 Å². The smallest absolute Gasteiger partial charge is 0.255 e. The number of rotatable bonds is 4. The van der Waals surface area contributed by atoms with E-state index < -0.39 is 11.7 Å². The van der Waals surface area contributed by atoms with Gasteiger partial charge in [-0.1, -0.05) is 6.92 Å². The van der Waals surface area contributed by atoms with Crippen molar-refractivity contribution in [3.05, 3.63) is 39.7 Å². The average molecular weight is 294 g/mol. The van der Waals surface area contributed by atoms with Gasteiger partial charge in [-0.25, -0.2) is 14.4 Å². The van der Waals surface area contributed by atoms with E-state index in [2.05, 4.69) is 15.3 Å². The molecule has 0 aliphatic carbocycles. The fraction of sp³-hybridized carbons (Fsp3) is 0.308. The Kier molecular flexibility index (Phi) is 4.29. The van der Waals surface area contributed by atoms with Crippen molar-refractivity contribution in [2.24, 2.45) is 0 Å². The summed E-state index contributed by atoms with van der Waals surface area (Å²) >= 11 is 1.53. The van der Waals surface area contributed by atoms with Gasteiger partial charge in [0.15, 0.2) is 11.6 Å². The SMILES string of the molecule is CCc1cnc(C(C)NC(=O)c2ccnc(N)c2F)s1. The van der Waals surface area contributed by atoms with E-state index >= 15 is 0 Å². The van der Waals surface area contributed by atoms with Crippen molar-refractivity contribution in [3.63, 3.8) is 0 Å². The number of hydrogen-bond acceptors (Lipinski definition) is 5. The number of aryl methyl sites for hydroxylation is 1. The molecule has 3 N–H and O–H groups in total. The molecule has 1 amide bonds. The number of carbonyl (C=O) groups excluding carboxylic acids is 1. The first-order chi connectivity index (χ1) is 9.52. The molecule has 0 spiro atoms. The second-order valence-electron chi connectivity index (χ2n) is 4.27. The van der Waals surface area contributed by atoms with Gasteiger partial charge in [0.2, 0.25) is 0 Å². The van der Waals surface area contributed by atoms with Gasteiger partial charge in [-0.05, 0) is 19.4 Å². The number of nitrogen functional groups attached to an aromatic ring is 1. The molecule has 106 valence electrons. The van der Waals surface area contributed by atoms with Gasteiger partial charge >= 0.3 is 0 Å². The maximum Gasteiger partial charge on any atom is 0.255 e. The van der Waals surface area contributed by atoms with Crippen LogP contribution >= 0.6 is 11.3 Å². The summed E-state index contributed by atoms with van der Waals surface area (Å²) in [5.74, 6) is -1.62. The van der Waals surface area contributed by atoms with Gasteiger partial charge in [0.1, 0.15) is 5.01 Å². The quantitative estimate of drug-likeness (QED) is 0.906. The summed E-state index contributed by atoms with van der Waals surface area (Å²) in [5.41, 5.74) is 5.23. The van der Waals surface area contributed by atoms with Crippen LogP contribution in [0.5, 0.6) is 0 Å². The lowest BCUT2D eigenvalue weighted by Crippen LogP contribution is -2.27.